The Morgan fingerprint density at radius 1 is 0.361 bits per heavy atom. The Morgan fingerprint density at radius 2 is 0.667 bits per heavy atom. The average Bonchev–Trinajstić information content (AvgIpc) is 2.87. The molecule has 0 saturated heterocycles. The minimum absolute atomic E-state index is 0.797. The van der Waals surface area contributed by atoms with Crippen molar-refractivity contribution in [3.8, 4) is 0 Å². The molecule has 0 heterocycles. The van der Waals surface area contributed by atoms with Crippen LogP contribution in [0.3, 0.4) is 0 Å². The molecule has 0 N–H and O–H groups in total. The highest BCUT2D eigenvalue weighted by Gasteiger charge is 2.11. The van der Waals surface area contributed by atoms with Crippen LogP contribution in [0.4, 0.5) is 0 Å². The molecule has 0 aromatic carbocycles. The first kappa shape index (κ1) is 35.0. The molecule has 0 fully saturated rings. The van der Waals surface area contributed by atoms with Gasteiger partial charge in [-0.1, -0.05) is 128 Å². The maximum Gasteiger partial charge on any atom is -0.0348 e. The molecule has 0 aliphatic rings. The summed E-state index contributed by atoms with van der Waals surface area (Å²) >= 11 is 0. The van der Waals surface area contributed by atoms with Crippen molar-refractivity contribution in [3.63, 3.8) is 0 Å². The first-order valence-electron chi connectivity index (χ1n) is 16.3. The smallest absolute Gasteiger partial charge is 0.0348 e. The van der Waals surface area contributed by atoms with Crippen LogP contribution in [0.5, 0.6) is 0 Å². The van der Waals surface area contributed by atoms with Gasteiger partial charge in [0, 0.05) is 0 Å². The highest BCUT2D eigenvalue weighted by atomic mass is 14.2. The second-order valence-electron chi connectivity index (χ2n) is 11.3. The first-order valence-corrected chi connectivity index (χ1v) is 16.3. The molecule has 0 spiro atoms. The van der Waals surface area contributed by atoms with Gasteiger partial charge in [-0.25, -0.2) is 0 Å². The lowest BCUT2D eigenvalue weighted by Gasteiger charge is -2.19. The van der Waals surface area contributed by atoms with Gasteiger partial charge in [-0.15, -0.1) is 0 Å². The van der Waals surface area contributed by atoms with Crippen molar-refractivity contribution >= 4 is 0 Å². The Balaban J connectivity index is 3.67. The molecule has 0 atom stereocenters. The number of unbranched alkanes of at least 4 members (excludes halogenated alkanes) is 14. The van der Waals surface area contributed by atoms with Gasteiger partial charge in [-0.2, -0.15) is 0 Å². The van der Waals surface area contributed by atoms with E-state index in [1.54, 1.807) is 0 Å². The van der Waals surface area contributed by atoms with Gasteiger partial charge in [-0.3, -0.25) is 0 Å². The molecular formula is C36H66. The minimum atomic E-state index is 0.797. The molecule has 0 aromatic rings. The first-order chi connectivity index (χ1) is 17.7. The van der Waals surface area contributed by atoms with E-state index in [0.29, 0.717) is 0 Å². The molecule has 0 bridgehead atoms. The molecule has 0 aliphatic heterocycles. The molecule has 0 nitrogen and oxygen atoms in total. The summed E-state index contributed by atoms with van der Waals surface area (Å²) in [7, 11) is 0. The third-order valence-electron chi connectivity index (χ3n) is 7.45. The normalized spacial score (nSPS) is 12.7. The maximum absolute atomic E-state index is 2.45. The average molecular weight is 499 g/mol. The summed E-state index contributed by atoms with van der Waals surface area (Å²) in [5.41, 5.74) is 0. The molecule has 0 aliphatic carbocycles. The molecule has 0 rings (SSSR count). The predicted molar refractivity (Wildman–Crippen MR) is 168 cm³/mol. The quantitative estimate of drug-likeness (QED) is 0.0780. The maximum atomic E-state index is 2.45. The Morgan fingerprint density at radius 3 is 1.00 bits per heavy atom. The standard InChI is InChI=1S/C36H66/c1-5-7-9-11-13-15-17-19-21-23-25-27-29-31-33-36(35(3)4)34-32-30-28-26-24-22-20-18-16-14-12-10-8-6-2/h17-20,27-30,35-36H,5-16,21-26,31-34H2,1-4H3/b19-17+,20-18+,29-27+,30-28+. The van der Waals surface area contributed by atoms with E-state index in [-0.39, 0.29) is 0 Å². The van der Waals surface area contributed by atoms with Crippen LogP contribution in [0.15, 0.2) is 48.6 Å². The molecule has 0 radical (unpaired) electrons. The van der Waals surface area contributed by atoms with E-state index in [0.717, 1.165) is 11.8 Å². The predicted octanol–water partition coefficient (Wildman–Crippen LogP) is 13.1. The van der Waals surface area contributed by atoms with E-state index in [4.69, 9.17) is 0 Å². The lowest BCUT2D eigenvalue weighted by molar-refractivity contribution is 0.341. The third-order valence-corrected chi connectivity index (χ3v) is 7.45. The van der Waals surface area contributed by atoms with Crippen LogP contribution in [0.25, 0.3) is 0 Å². The van der Waals surface area contributed by atoms with Crippen molar-refractivity contribution in [3.05, 3.63) is 48.6 Å². The number of rotatable bonds is 27. The van der Waals surface area contributed by atoms with Gasteiger partial charge >= 0.3 is 0 Å². The Hall–Kier alpha value is -1.04. The number of allylic oxidation sites excluding steroid dienone is 8. The Bertz CT molecular complexity index is 474. The van der Waals surface area contributed by atoms with Gasteiger partial charge in [0.05, 0.1) is 0 Å². The van der Waals surface area contributed by atoms with Gasteiger partial charge in [0.1, 0.15) is 0 Å². The Kier molecular flexibility index (Phi) is 29.3. The van der Waals surface area contributed by atoms with E-state index >= 15 is 0 Å². The molecule has 36 heavy (non-hydrogen) atoms. The fourth-order valence-electron chi connectivity index (χ4n) is 4.81. The van der Waals surface area contributed by atoms with E-state index in [1.165, 1.54) is 141 Å². The lowest BCUT2D eigenvalue weighted by Crippen LogP contribution is -2.08. The van der Waals surface area contributed by atoms with Gasteiger partial charge in [0.15, 0.2) is 0 Å². The Labute approximate surface area is 229 Å². The molecule has 0 heteroatoms. The fraction of sp³-hybridized carbons (Fsp3) is 0.778. The van der Waals surface area contributed by atoms with E-state index in [1.807, 2.05) is 0 Å². The van der Waals surface area contributed by atoms with E-state index in [2.05, 4.69) is 76.3 Å². The number of hydrogen-bond donors (Lipinski definition) is 0. The summed E-state index contributed by atoms with van der Waals surface area (Å²) in [5, 5.41) is 0. The van der Waals surface area contributed by atoms with E-state index < -0.39 is 0 Å². The molecule has 0 unspecified atom stereocenters. The highest BCUT2D eigenvalue weighted by molar-refractivity contribution is 4.88. The van der Waals surface area contributed by atoms with Crippen molar-refractivity contribution in [1.82, 2.24) is 0 Å². The van der Waals surface area contributed by atoms with Crippen molar-refractivity contribution in [2.45, 2.75) is 169 Å². The van der Waals surface area contributed by atoms with Crippen molar-refractivity contribution < 1.29 is 0 Å². The van der Waals surface area contributed by atoms with Crippen LogP contribution in [0.2, 0.25) is 0 Å². The summed E-state index contributed by atoms with van der Waals surface area (Å²) in [5.74, 6) is 1.66. The SMILES string of the molecule is CCCCCCC/C=C/CCC/C=C/CCC(CC/C=C/CCC/C=C/CCCCCCC)C(C)C. The van der Waals surface area contributed by atoms with Gasteiger partial charge in [-0.05, 0) is 102 Å². The molecule has 0 aromatic heterocycles. The summed E-state index contributed by atoms with van der Waals surface area (Å²) in [4.78, 5) is 0. The fourth-order valence-corrected chi connectivity index (χ4v) is 4.81. The monoisotopic (exact) mass is 499 g/mol. The largest absolute Gasteiger partial charge is 0.0885 e. The lowest BCUT2D eigenvalue weighted by atomic mass is 9.87. The van der Waals surface area contributed by atoms with Crippen LogP contribution in [-0.4, -0.2) is 0 Å². The van der Waals surface area contributed by atoms with Crippen LogP contribution in [0, 0.1) is 11.8 Å². The van der Waals surface area contributed by atoms with Crippen LogP contribution >= 0.6 is 0 Å². The third kappa shape index (κ3) is 27.5. The van der Waals surface area contributed by atoms with Crippen LogP contribution < -0.4 is 0 Å². The summed E-state index contributed by atoms with van der Waals surface area (Å²) < 4.78 is 0. The van der Waals surface area contributed by atoms with E-state index in [9.17, 15) is 0 Å². The zero-order valence-electron chi connectivity index (χ0n) is 25.3. The van der Waals surface area contributed by atoms with Crippen LogP contribution in [0.1, 0.15) is 169 Å². The molecular weight excluding hydrogens is 432 g/mol. The highest BCUT2D eigenvalue weighted by Crippen LogP contribution is 2.23. The zero-order chi connectivity index (χ0) is 26.4. The summed E-state index contributed by atoms with van der Waals surface area (Å²) in [6, 6.07) is 0. The summed E-state index contributed by atoms with van der Waals surface area (Å²) in [6.07, 6.45) is 48.6. The van der Waals surface area contributed by atoms with Crippen LogP contribution in [-0.2, 0) is 0 Å². The van der Waals surface area contributed by atoms with Gasteiger partial charge in [0.25, 0.3) is 0 Å². The van der Waals surface area contributed by atoms with Gasteiger partial charge in [0.2, 0.25) is 0 Å². The topological polar surface area (TPSA) is 0 Å². The second-order valence-corrected chi connectivity index (χ2v) is 11.3. The van der Waals surface area contributed by atoms with Crippen molar-refractivity contribution in [2.24, 2.45) is 11.8 Å². The molecule has 210 valence electrons. The van der Waals surface area contributed by atoms with Crippen molar-refractivity contribution in [1.29, 1.82) is 0 Å². The zero-order valence-corrected chi connectivity index (χ0v) is 25.3. The molecule has 0 amide bonds. The van der Waals surface area contributed by atoms with Gasteiger partial charge < -0.3 is 0 Å². The minimum Gasteiger partial charge on any atom is -0.0885 e. The molecule has 0 saturated carbocycles. The second kappa shape index (κ2) is 30.2. The van der Waals surface area contributed by atoms with Crippen molar-refractivity contribution in [2.75, 3.05) is 0 Å². The number of hydrogen-bond acceptors (Lipinski definition) is 0. The summed E-state index contributed by atoms with van der Waals surface area (Å²) in [6.45, 7) is 9.39.